The van der Waals surface area contributed by atoms with Gasteiger partial charge in [-0.3, -0.25) is 0 Å². The highest BCUT2D eigenvalue weighted by molar-refractivity contribution is 9.10. The third kappa shape index (κ3) is 2.05. The van der Waals surface area contributed by atoms with E-state index >= 15 is 0 Å². The molecule has 0 amide bonds. The summed E-state index contributed by atoms with van der Waals surface area (Å²) in [7, 11) is 0. The molecule has 1 aromatic rings. The third-order valence-corrected chi connectivity index (χ3v) is 2.52. The van der Waals surface area contributed by atoms with E-state index in [1.807, 2.05) is 6.92 Å². The molecule has 0 fully saturated rings. The lowest BCUT2D eigenvalue weighted by molar-refractivity contribution is 0.615. The van der Waals surface area contributed by atoms with Crippen molar-refractivity contribution in [1.29, 1.82) is 0 Å². The van der Waals surface area contributed by atoms with E-state index in [1.165, 1.54) is 12.1 Å². The molecule has 0 spiro atoms. The molecule has 0 aliphatic rings. The molecular weight excluding hydrogens is 221 g/mol. The lowest BCUT2D eigenvalue weighted by Crippen LogP contribution is -2.09. The van der Waals surface area contributed by atoms with E-state index in [-0.39, 0.29) is 11.9 Å². The van der Waals surface area contributed by atoms with Crippen molar-refractivity contribution < 1.29 is 4.39 Å². The molecule has 0 saturated carbocycles. The molecule has 0 bridgehead atoms. The molecule has 1 unspecified atom stereocenters. The van der Waals surface area contributed by atoms with Gasteiger partial charge in [-0.2, -0.15) is 0 Å². The largest absolute Gasteiger partial charge is 0.324 e. The highest BCUT2D eigenvalue weighted by atomic mass is 79.9. The molecule has 2 N–H and O–H groups in total. The van der Waals surface area contributed by atoms with Gasteiger partial charge in [-0.1, -0.05) is 22.9 Å². The molecule has 0 aromatic heterocycles. The minimum atomic E-state index is -0.239. The monoisotopic (exact) mass is 231 g/mol. The molecular formula is C9H11BrFN. The molecule has 0 aliphatic heterocycles. The summed E-state index contributed by atoms with van der Waals surface area (Å²) in [5.74, 6) is -0.239. The summed E-state index contributed by atoms with van der Waals surface area (Å²) < 4.78 is 13.6. The predicted molar refractivity (Wildman–Crippen MR) is 51.3 cm³/mol. The fraction of sp³-hybridized carbons (Fsp3) is 0.333. The predicted octanol–water partition coefficient (Wildman–Crippen LogP) is 3.00. The smallest absolute Gasteiger partial charge is 0.123 e. The number of rotatable bonds is 2. The minimum absolute atomic E-state index is 0.0879. The van der Waals surface area contributed by atoms with E-state index in [9.17, 15) is 4.39 Å². The summed E-state index contributed by atoms with van der Waals surface area (Å²) in [5.41, 5.74) is 6.60. The highest BCUT2D eigenvalue weighted by Crippen LogP contribution is 2.24. The molecule has 3 heteroatoms. The first-order valence-electron chi connectivity index (χ1n) is 3.85. The van der Waals surface area contributed by atoms with E-state index in [4.69, 9.17) is 5.73 Å². The van der Waals surface area contributed by atoms with Gasteiger partial charge in [-0.05, 0) is 30.2 Å². The van der Waals surface area contributed by atoms with Crippen LogP contribution in [-0.2, 0) is 0 Å². The Balaban J connectivity index is 3.04. The molecule has 1 rings (SSSR count). The summed E-state index contributed by atoms with van der Waals surface area (Å²) in [6, 6.07) is 4.48. The Bertz CT molecular complexity index is 275. The van der Waals surface area contributed by atoms with Crippen LogP contribution in [0.2, 0.25) is 0 Å². The number of nitrogens with two attached hydrogens (primary N) is 1. The summed E-state index contributed by atoms with van der Waals surface area (Å²) in [6.07, 6.45) is 0.808. The van der Waals surface area contributed by atoms with Crippen LogP contribution < -0.4 is 5.73 Å². The van der Waals surface area contributed by atoms with E-state index < -0.39 is 0 Å². The van der Waals surface area contributed by atoms with Gasteiger partial charge in [0.25, 0.3) is 0 Å². The average molecular weight is 232 g/mol. The Kier molecular flexibility index (Phi) is 3.23. The standard InChI is InChI=1S/C9H11BrFN/c1-2-9(12)7-5-6(11)3-4-8(7)10/h3-5,9H,2,12H2,1H3. The minimum Gasteiger partial charge on any atom is -0.324 e. The Hall–Kier alpha value is -0.410. The van der Waals surface area contributed by atoms with Crippen LogP contribution in [-0.4, -0.2) is 0 Å². The van der Waals surface area contributed by atoms with Crippen LogP contribution in [0.4, 0.5) is 4.39 Å². The van der Waals surface area contributed by atoms with Crippen molar-refractivity contribution in [3.63, 3.8) is 0 Å². The van der Waals surface area contributed by atoms with Gasteiger partial charge in [-0.15, -0.1) is 0 Å². The number of hydrogen-bond acceptors (Lipinski definition) is 1. The molecule has 0 saturated heterocycles. The van der Waals surface area contributed by atoms with Crippen molar-refractivity contribution >= 4 is 15.9 Å². The molecule has 0 aliphatic carbocycles. The van der Waals surface area contributed by atoms with Crippen LogP contribution in [0.1, 0.15) is 24.9 Å². The van der Waals surface area contributed by atoms with Crippen molar-refractivity contribution in [2.24, 2.45) is 5.73 Å². The second kappa shape index (κ2) is 4.01. The summed E-state index contributed by atoms with van der Waals surface area (Å²) in [4.78, 5) is 0. The number of benzene rings is 1. The Labute approximate surface area is 79.9 Å². The van der Waals surface area contributed by atoms with Gasteiger partial charge >= 0.3 is 0 Å². The van der Waals surface area contributed by atoms with Crippen LogP contribution in [0.3, 0.4) is 0 Å². The van der Waals surface area contributed by atoms with Crippen molar-refractivity contribution in [2.75, 3.05) is 0 Å². The van der Waals surface area contributed by atoms with E-state index in [2.05, 4.69) is 15.9 Å². The first-order valence-corrected chi connectivity index (χ1v) is 4.65. The SMILES string of the molecule is CCC(N)c1cc(F)ccc1Br. The lowest BCUT2D eigenvalue weighted by atomic mass is 10.1. The van der Waals surface area contributed by atoms with Gasteiger partial charge in [0.15, 0.2) is 0 Å². The van der Waals surface area contributed by atoms with Gasteiger partial charge in [0.05, 0.1) is 0 Å². The summed E-state index contributed by atoms with van der Waals surface area (Å²) in [5, 5.41) is 0. The summed E-state index contributed by atoms with van der Waals surface area (Å²) >= 11 is 3.33. The number of halogens is 2. The van der Waals surface area contributed by atoms with Crippen LogP contribution in [0.25, 0.3) is 0 Å². The zero-order valence-electron chi connectivity index (χ0n) is 6.85. The number of hydrogen-bond donors (Lipinski definition) is 1. The lowest BCUT2D eigenvalue weighted by Gasteiger charge is -2.10. The summed E-state index contributed by atoms with van der Waals surface area (Å²) in [6.45, 7) is 1.97. The van der Waals surface area contributed by atoms with E-state index in [1.54, 1.807) is 6.07 Å². The highest BCUT2D eigenvalue weighted by Gasteiger charge is 2.08. The van der Waals surface area contributed by atoms with Gasteiger partial charge in [0.2, 0.25) is 0 Å². The van der Waals surface area contributed by atoms with Crippen molar-refractivity contribution in [2.45, 2.75) is 19.4 Å². The molecule has 1 atom stereocenters. The fourth-order valence-electron chi connectivity index (χ4n) is 1.02. The van der Waals surface area contributed by atoms with E-state index in [0.717, 1.165) is 16.5 Å². The third-order valence-electron chi connectivity index (χ3n) is 1.80. The average Bonchev–Trinajstić information content (AvgIpc) is 2.08. The first kappa shape index (κ1) is 9.68. The maximum absolute atomic E-state index is 12.8. The van der Waals surface area contributed by atoms with Crippen LogP contribution >= 0.6 is 15.9 Å². The zero-order valence-corrected chi connectivity index (χ0v) is 8.44. The molecule has 0 heterocycles. The van der Waals surface area contributed by atoms with Gasteiger partial charge in [0.1, 0.15) is 5.82 Å². The zero-order chi connectivity index (χ0) is 9.14. The Morgan fingerprint density at radius 2 is 2.25 bits per heavy atom. The maximum Gasteiger partial charge on any atom is 0.123 e. The Morgan fingerprint density at radius 3 is 2.83 bits per heavy atom. The van der Waals surface area contributed by atoms with E-state index in [0.29, 0.717) is 0 Å². The maximum atomic E-state index is 12.8. The first-order chi connectivity index (χ1) is 5.65. The topological polar surface area (TPSA) is 26.0 Å². The van der Waals surface area contributed by atoms with Crippen LogP contribution in [0.15, 0.2) is 22.7 Å². The fourth-order valence-corrected chi connectivity index (χ4v) is 1.56. The van der Waals surface area contributed by atoms with Crippen molar-refractivity contribution in [1.82, 2.24) is 0 Å². The second-order valence-corrected chi connectivity index (χ2v) is 3.53. The van der Waals surface area contributed by atoms with Gasteiger partial charge in [0, 0.05) is 10.5 Å². The Morgan fingerprint density at radius 1 is 1.58 bits per heavy atom. The quantitative estimate of drug-likeness (QED) is 0.833. The van der Waals surface area contributed by atoms with Crippen molar-refractivity contribution in [3.05, 3.63) is 34.1 Å². The molecule has 1 aromatic carbocycles. The normalized spacial score (nSPS) is 13.0. The molecule has 0 radical (unpaired) electrons. The van der Waals surface area contributed by atoms with Gasteiger partial charge in [-0.25, -0.2) is 4.39 Å². The molecule has 1 nitrogen and oxygen atoms in total. The molecule has 12 heavy (non-hydrogen) atoms. The van der Waals surface area contributed by atoms with Gasteiger partial charge < -0.3 is 5.73 Å². The molecule has 66 valence electrons. The van der Waals surface area contributed by atoms with Crippen LogP contribution in [0.5, 0.6) is 0 Å². The van der Waals surface area contributed by atoms with Crippen LogP contribution in [0, 0.1) is 5.82 Å². The second-order valence-electron chi connectivity index (χ2n) is 2.68. The van der Waals surface area contributed by atoms with Crippen molar-refractivity contribution in [3.8, 4) is 0 Å².